The quantitative estimate of drug-likeness (QED) is 0.763. The summed E-state index contributed by atoms with van der Waals surface area (Å²) in [5, 5.41) is 3.88. The monoisotopic (exact) mass is 225 g/mol. The van der Waals surface area contributed by atoms with E-state index in [0.717, 1.165) is 17.9 Å². The molecule has 0 saturated heterocycles. The Morgan fingerprint density at radius 1 is 1.06 bits per heavy atom. The first-order chi connectivity index (χ1) is 8.40. The summed E-state index contributed by atoms with van der Waals surface area (Å²) >= 11 is 0. The number of rotatable bonds is 2. The first kappa shape index (κ1) is 9.90. The van der Waals surface area contributed by atoms with Gasteiger partial charge in [0.2, 0.25) is 0 Å². The summed E-state index contributed by atoms with van der Waals surface area (Å²) < 4.78 is 0. The Hall–Kier alpha value is -1.08. The zero-order valence-electron chi connectivity index (χ0n) is 10.1. The molecule has 1 heteroatoms. The van der Waals surface area contributed by atoms with Crippen molar-refractivity contribution in [2.45, 2.75) is 37.8 Å². The number of benzene rings is 1. The van der Waals surface area contributed by atoms with Crippen LogP contribution in [0.15, 0.2) is 36.4 Å². The van der Waals surface area contributed by atoms with Crippen molar-refractivity contribution >= 4 is 0 Å². The summed E-state index contributed by atoms with van der Waals surface area (Å²) in [6.07, 6.45) is 9.99. The van der Waals surface area contributed by atoms with Gasteiger partial charge in [-0.1, -0.05) is 36.4 Å². The highest BCUT2D eigenvalue weighted by Crippen LogP contribution is 2.43. The van der Waals surface area contributed by atoms with Crippen molar-refractivity contribution in [3.8, 4) is 0 Å². The van der Waals surface area contributed by atoms with E-state index in [1.54, 1.807) is 11.1 Å². The standard InChI is InChI=1S/C16H19N/c1-2-5-12-9-14(8-11(12)4-1)17-16-10-13-6-3-7-15(13)16/h1-5,7,13-17H,6,8-10H2. The molecule has 0 amide bonds. The lowest BCUT2D eigenvalue weighted by atomic mass is 9.71. The Balaban J connectivity index is 1.41. The molecule has 17 heavy (non-hydrogen) atoms. The molecule has 0 heterocycles. The Morgan fingerprint density at radius 3 is 2.53 bits per heavy atom. The zero-order valence-corrected chi connectivity index (χ0v) is 10.1. The van der Waals surface area contributed by atoms with Gasteiger partial charge in [-0.2, -0.15) is 0 Å². The summed E-state index contributed by atoms with van der Waals surface area (Å²) in [4.78, 5) is 0. The fourth-order valence-corrected chi connectivity index (χ4v) is 3.89. The number of fused-ring (bicyclic) bond motifs is 2. The van der Waals surface area contributed by atoms with Crippen molar-refractivity contribution in [1.82, 2.24) is 5.32 Å². The van der Waals surface area contributed by atoms with Crippen LogP contribution in [0.25, 0.3) is 0 Å². The van der Waals surface area contributed by atoms with Crippen molar-refractivity contribution in [1.29, 1.82) is 0 Å². The van der Waals surface area contributed by atoms with Gasteiger partial charge in [0.05, 0.1) is 0 Å². The van der Waals surface area contributed by atoms with Crippen LogP contribution in [0.5, 0.6) is 0 Å². The normalized spacial score (nSPS) is 34.5. The Bertz CT molecular complexity index is 437. The van der Waals surface area contributed by atoms with Crippen LogP contribution in [-0.2, 0) is 12.8 Å². The predicted molar refractivity (Wildman–Crippen MR) is 69.9 cm³/mol. The summed E-state index contributed by atoms with van der Waals surface area (Å²) in [6, 6.07) is 10.4. The van der Waals surface area contributed by atoms with Crippen LogP contribution >= 0.6 is 0 Å². The molecule has 3 aliphatic carbocycles. The number of allylic oxidation sites excluding steroid dienone is 1. The Morgan fingerprint density at radius 2 is 1.82 bits per heavy atom. The molecular weight excluding hydrogens is 206 g/mol. The SMILES string of the molecule is C1=CC2C(C1)CC2NC1Cc2ccccc2C1. The van der Waals surface area contributed by atoms with E-state index in [2.05, 4.69) is 41.7 Å². The second-order valence-corrected chi connectivity index (χ2v) is 5.88. The molecule has 0 aliphatic heterocycles. The molecule has 1 aromatic rings. The van der Waals surface area contributed by atoms with Crippen LogP contribution in [0, 0.1) is 11.8 Å². The number of hydrogen-bond donors (Lipinski definition) is 1. The molecule has 1 aromatic carbocycles. The average Bonchev–Trinajstić information content (AvgIpc) is 2.88. The lowest BCUT2D eigenvalue weighted by Crippen LogP contribution is -2.52. The third-order valence-corrected chi connectivity index (χ3v) is 4.86. The predicted octanol–water partition coefficient (Wildman–Crippen LogP) is 2.71. The maximum absolute atomic E-state index is 3.88. The molecule has 0 spiro atoms. The molecule has 1 saturated carbocycles. The Labute approximate surface area is 103 Å². The zero-order chi connectivity index (χ0) is 11.2. The molecule has 3 aliphatic rings. The smallest absolute Gasteiger partial charge is 0.0151 e. The number of nitrogens with one attached hydrogen (secondary N) is 1. The van der Waals surface area contributed by atoms with Gasteiger partial charge in [-0.25, -0.2) is 0 Å². The second kappa shape index (κ2) is 3.71. The van der Waals surface area contributed by atoms with Gasteiger partial charge in [0, 0.05) is 12.1 Å². The fourth-order valence-electron chi connectivity index (χ4n) is 3.89. The van der Waals surface area contributed by atoms with Gasteiger partial charge in [-0.05, 0) is 48.6 Å². The van der Waals surface area contributed by atoms with Crippen LogP contribution in [0.2, 0.25) is 0 Å². The molecule has 3 atom stereocenters. The lowest BCUT2D eigenvalue weighted by Gasteiger charge is -2.42. The summed E-state index contributed by atoms with van der Waals surface area (Å²) in [5.41, 5.74) is 3.12. The summed E-state index contributed by atoms with van der Waals surface area (Å²) in [5.74, 6) is 1.81. The third-order valence-electron chi connectivity index (χ3n) is 4.86. The summed E-state index contributed by atoms with van der Waals surface area (Å²) in [6.45, 7) is 0. The highest BCUT2D eigenvalue weighted by atomic mass is 15.0. The maximum Gasteiger partial charge on any atom is 0.0151 e. The van der Waals surface area contributed by atoms with Crippen molar-refractivity contribution in [3.05, 3.63) is 47.5 Å². The fraction of sp³-hybridized carbons (Fsp3) is 0.500. The van der Waals surface area contributed by atoms with E-state index < -0.39 is 0 Å². The first-order valence-corrected chi connectivity index (χ1v) is 6.89. The minimum atomic E-state index is 0.687. The molecule has 1 fully saturated rings. The van der Waals surface area contributed by atoms with Crippen molar-refractivity contribution < 1.29 is 0 Å². The second-order valence-electron chi connectivity index (χ2n) is 5.88. The third kappa shape index (κ3) is 1.56. The van der Waals surface area contributed by atoms with Crippen LogP contribution in [0.1, 0.15) is 24.0 Å². The van der Waals surface area contributed by atoms with Gasteiger partial charge in [0.1, 0.15) is 0 Å². The van der Waals surface area contributed by atoms with Crippen molar-refractivity contribution in [2.75, 3.05) is 0 Å². The van der Waals surface area contributed by atoms with Crippen LogP contribution in [0.4, 0.5) is 0 Å². The van der Waals surface area contributed by atoms with E-state index in [-0.39, 0.29) is 0 Å². The van der Waals surface area contributed by atoms with Crippen molar-refractivity contribution in [3.63, 3.8) is 0 Å². The number of hydrogen-bond acceptors (Lipinski definition) is 1. The van der Waals surface area contributed by atoms with E-state index in [1.165, 1.54) is 25.7 Å². The van der Waals surface area contributed by atoms with Gasteiger partial charge in [0.25, 0.3) is 0 Å². The topological polar surface area (TPSA) is 12.0 Å². The van der Waals surface area contributed by atoms with E-state index in [0.29, 0.717) is 6.04 Å². The molecule has 0 bridgehead atoms. The summed E-state index contributed by atoms with van der Waals surface area (Å²) in [7, 11) is 0. The average molecular weight is 225 g/mol. The van der Waals surface area contributed by atoms with E-state index in [9.17, 15) is 0 Å². The maximum atomic E-state index is 3.88. The molecular formula is C16H19N. The van der Waals surface area contributed by atoms with E-state index in [4.69, 9.17) is 0 Å². The largest absolute Gasteiger partial charge is 0.310 e. The van der Waals surface area contributed by atoms with E-state index in [1.807, 2.05) is 0 Å². The van der Waals surface area contributed by atoms with Gasteiger partial charge in [-0.15, -0.1) is 0 Å². The highest BCUT2D eigenvalue weighted by molar-refractivity contribution is 5.33. The molecule has 3 unspecified atom stereocenters. The molecule has 1 nitrogen and oxygen atoms in total. The Kier molecular flexibility index (Phi) is 2.16. The van der Waals surface area contributed by atoms with Gasteiger partial charge in [0.15, 0.2) is 0 Å². The molecule has 88 valence electrons. The van der Waals surface area contributed by atoms with Crippen molar-refractivity contribution in [2.24, 2.45) is 11.8 Å². The van der Waals surface area contributed by atoms with Crippen LogP contribution in [-0.4, -0.2) is 12.1 Å². The molecule has 4 rings (SSSR count). The van der Waals surface area contributed by atoms with Crippen LogP contribution < -0.4 is 5.32 Å². The van der Waals surface area contributed by atoms with Gasteiger partial charge in [-0.3, -0.25) is 0 Å². The minimum absolute atomic E-state index is 0.687. The lowest BCUT2D eigenvalue weighted by molar-refractivity contribution is 0.151. The molecule has 1 N–H and O–H groups in total. The molecule has 0 radical (unpaired) electrons. The molecule has 0 aromatic heterocycles. The highest BCUT2D eigenvalue weighted by Gasteiger charge is 2.42. The van der Waals surface area contributed by atoms with Gasteiger partial charge < -0.3 is 5.32 Å². The van der Waals surface area contributed by atoms with Crippen LogP contribution in [0.3, 0.4) is 0 Å². The minimum Gasteiger partial charge on any atom is -0.310 e. The first-order valence-electron chi connectivity index (χ1n) is 6.89. The van der Waals surface area contributed by atoms with Gasteiger partial charge >= 0.3 is 0 Å². The van der Waals surface area contributed by atoms with E-state index >= 15 is 0 Å².